The first-order valence-corrected chi connectivity index (χ1v) is 9.64. The molecule has 3 heterocycles. The molecule has 0 radical (unpaired) electrons. The molecule has 2 aliphatic heterocycles. The Kier molecular flexibility index (Phi) is 8.27. The molecular weight excluding hydrogens is 407 g/mol. The summed E-state index contributed by atoms with van der Waals surface area (Å²) in [5, 5.41) is 10.6. The topological polar surface area (TPSA) is 93.0 Å². The van der Waals surface area contributed by atoms with Gasteiger partial charge in [-0.05, 0) is 25.0 Å². The number of nitrogens with one attached hydrogen (secondary N) is 1. The average Bonchev–Trinajstić information content (AvgIpc) is 3.16. The van der Waals surface area contributed by atoms with Crippen LogP contribution in [-0.2, 0) is 32.7 Å². The molecule has 0 unspecified atom stereocenters. The van der Waals surface area contributed by atoms with Crippen LogP contribution in [0.3, 0.4) is 0 Å². The molecule has 0 saturated carbocycles. The van der Waals surface area contributed by atoms with Gasteiger partial charge in [-0.1, -0.05) is 0 Å². The maximum atomic E-state index is 11.7. The van der Waals surface area contributed by atoms with E-state index in [0.717, 1.165) is 25.9 Å². The van der Waals surface area contributed by atoms with E-state index in [2.05, 4.69) is 35.3 Å². The molecule has 0 aromatic carbocycles. The van der Waals surface area contributed by atoms with Gasteiger partial charge in [-0.25, -0.2) is 4.79 Å². The maximum absolute atomic E-state index is 11.7. The Morgan fingerprint density at radius 1 is 1.40 bits per heavy atom. The molecule has 2 fully saturated rings. The quantitative estimate of drug-likeness (QED) is 0.746. The number of carbonyl (C=O) groups is 2. The van der Waals surface area contributed by atoms with Crippen molar-refractivity contribution < 1.29 is 37.3 Å². The molecule has 0 bridgehead atoms. The molecule has 11 heteroatoms. The number of carboxylic acids is 1. The molecular formula is C19H28F3N3O5. The highest BCUT2D eigenvalue weighted by atomic mass is 19.4. The molecule has 3 rings (SSSR count). The van der Waals surface area contributed by atoms with Gasteiger partial charge in [-0.15, -0.1) is 0 Å². The van der Waals surface area contributed by atoms with Gasteiger partial charge in [-0.2, -0.15) is 13.2 Å². The van der Waals surface area contributed by atoms with Crippen molar-refractivity contribution in [2.45, 2.75) is 44.2 Å². The molecule has 1 aromatic heterocycles. The number of rotatable bonds is 4. The molecule has 2 aliphatic rings. The number of halogens is 3. The number of amides is 1. The van der Waals surface area contributed by atoms with Crippen LogP contribution in [0.2, 0.25) is 0 Å². The Hall–Kier alpha value is -2.11. The lowest BCUT2D eigenvalue weighted by Crippen LogP contribution is -2.46. The van der Waals surface area contributed by atoms with E-state index >= 15 is 0 Å². The zero-order valence-corrected chi connectivity index (χ0v) is 17.1. The fourth-order valence-electron chi connectivity index (χ4n) is 3.48. The van der Waals surface area contributed by atoms with Gasteiger partial charge in [0.05, 0.1) is 25.9 Å². The zero-order chi connectivity index (χ0) is 22.4. The minimum atomic E-state index is -5.08. The molecule has 1 aromatic rings. The highest BCUT2D eigenvalue weighted by Crippen LogP contribution is 2.32. The summed E-state index contributed by atoms with van der Waals surface area (Å²) in [6.07, 6.45) is -0.884. The Labute approximate surface area is 172 Å². The van der Waals surface area contributed by atoms with Crippen molar-refractivity contribution >= 4 is 11.9 Å². The molecule has 2 saturated heterocycles. The Morgan fingerprint density at radius 3 is 2.67 bits per heavy atom. The van der Waals surface area contributed by atoms with Crippen LogP contribution in [0.25, 0.3) is 0 Å². The largest absolute Gasteiger partial charge is 0.490 e. The van der Waals surface area contributed by atoms with Gasteiger partial charge in [0.2, 0.25) is 5.91 Å². The van der Waals surface area contributed by atoms with E-state index in [-0.39, 0.29) is 17.6 Å². The Balaban J connectivity index is 0.000000396. The number of hydrogen-bond donors (Lipinski definition) is 2. The van der Waals surface area contributed by atoms with Gasteiger partial charge in [0.1, 0.15) is 5.60 Å². The summed E-state index contributed by atoms with van der Waals surface area (Å²) in [6, 6.07) is 4.17. The molecule has 0 aliphatic carbocycles. The van der Waals surface area contributed by atoms with Crippen LogP contribution in [0.1, 0.15) is 25.5 Å². The Morgan fingerprint density at radius 2 is 2.10 bits per heavy atom. The van der Waals surface area contributed by atoms with Gasteiger partial charge >= 0.3 is 12.1 Å². The van der Waals surface area contributed by atoms with E-state index in [1.807, 2.05) is 4.90 Å². The monoisotopic (exact) mass is 435 g/mol. The van der Waals surface area contributed by atoms with Gasteiger partial charge in [-0.3, -0.25) is 4.79 Å². The predicted octanol–water partition coefficient (Wildman–Crippen LogP) is 1.54. The fraction of sp³-hybridized carbons (Fsp3) is 0.684. The summed E-state index contributed by atoms with van der Waals surface area (Å²) in [5.41, 5.74) is 0.942. The second kappa shape index (κ2) is 10.3. The van der Waals surface area contributed by atoms with Crippen molar-refractivity contribution in [1.82, 2.24) is 14.8 Å². The molecule has 2 N–H and O–H groups in total. The lowest BCUT2D eigenvalue weighted by molar-refractivity contribution is -0.192. The van der Waals surface area contributed by atoms with Gasteiger partial charge in [0.25, 0.3) is 0 Å². The number of alkyl halides is 3. The fourth-order valence-corrected chi connectivity index (χ4v) is 3.48. The van der Waals surface area contributed by atoms with Crippen molar-refractivity contribution in [3.63, 3.8) is 0 Å². The first-order chi connectivity index (χ1) is 14.0. The summed E-state index contributed by atoms with van der Waals surface area (Å²) >= 11 is 0. The minimum Gasteiger partial charge on any atom is -0.475 e. The molecule has 170 valence electrons. The van der Waals surface area contributed by atoms with Crippen LogP contribution >= 0.6 is 0 Å². The van der Waals surface area contributed by atoms with Crippen LogP contribution in [0.4, 0.5) is 13.2 Å². The molecule has 30 heavy (non-hydrogen) atoms. The summed E-state index contributed by atoms with van der Waals surface area (Å²) in [5.74, 6) is -2.66. The van der Waals surface area contributed by atoms with E-state index in [4.69, 9.17) is 19.4 Å². The van der Waals surface area contributed by atoms with E-state index < -0.39 is 12.1 Å². The van der Waals surface area contributed by atoms with Gasteiger partial charge in [0.15, 0.2) is 0 Å². The summed E-state index contributed by atoms with van der Waals surface area (Å²) < 4.78 is 45.9. The highest BCUT2D eigenvalue weighted by Gasteiger charge is 2.43. The number of ether oxygens (including phenoxy) is 2. The SMILES string of the molecule is CC(=O)N1CCOC[C@]2(CC[C@H](CNCc3cccn3C)O2)C1.O=C(O)C(F)(F)F. The normalized spacial score (nSPS) is 24.3. The zero-order valence-electron chi connectivity index (χ0n) is 17.1. The first kappa shape index (κ1) is 24.2. The standard InChI is InChI=1S/C17H27N3O3.C2HF3O2/c1-14(21)20-8-9-22-13-17(12-20)6-5-16(23-17)11-18-10-15-4-3-7-19(15)2;3-2(4,5)1(6)7/h3-4,7,16,18H,5-6,8-13H2,1-2H3;(H,6,7)/t16-,17+;/m1./s1. The average molecular weight is 435 g/mol. The highest BCUT2D eigenvalue weighted by molar-refractivity contribution is 5.73. The van der Waals surface area contributed by atoms with Gasteiger partial charge < -0.3 is 29.4 Å². The Bertz CT molecular complexity index is 725. The maximum Gasteiger partial charge on any atom is 0.490 e. The summed E-state index contributed by atoms with van der Waals surface area (Å²) in [7, 11) is 2.05. The van der Waals surface area contributed by atoms with Crippen LogP contribution in [-0.4, -0.2) is 77.2 Å². The smallest absolute Gasteiger partial charge is 0.475 e. The van der Waals surface area contributed by atoms with E-state index in [1.165, 1.54) is 5.69 Å². The number of aliphatic carboxylic acids is 1. The van der Waals surface area contributed by atoms with Crippen molar-refractivity contribution in [3.8, 4) is 0 Å². The van der Waals surface area contributed by atoms with Crippen LogP contribution in [0, 0.1) is 0 Å². The van der Waals surface area contributed by atoms with Gasteiger partial charge in [0, 0.05) is 45.5 Å². The lowest BCUT2D eigenvalue weighted by Gasteiger charge is -2.31. The number of carbonyl (C=O) groups excluding carboxylic acids is 1. The summed E-state index contributed by atoms with van der Waals surface area (Å²) in [6.45, 7) is 5.78. The third kappa shape index (κ3) is 6.99. The van der Waals surface area contributed by atoms with Crippen molar-refractivity contribution in [1.29, 1.82) is 0 Å². The third-order valence-corrected chi connectivity index (χ3v) is 5.11. The number of aryl methyl sites for hydroxylation is 1. The molecule has 8 nitrogen and oxygen atoms in total. The van der Waals surface area contributed by atoms with Crippen molar-refractivity contribution in [3.05, 3.63) is 24.0 Å². The molecule has 1 spiro atoms. The predicted molar refractivity (Wildman–Crippen MR) is 101 cm³/mol. The van der Waals surface area contributed by atoms with Crippen molar-refractivity contribution in [2.75, 3.05) is 32.8 Å². The molecule has 2 atom stereocenters. The van der Waals surface area contributed by atoms with Crippen LogP contribution in [0.5, 0.6) is 0 Å². The molecule has 1 amide bonds. The second-order valence-corrected chi connectivity index (χ2v) is 7.50. The van der Waals surface area contributed by atoms with E-state index in [9.17, 15) is 18.0 Å². The second-order valence-electron chi connectivity index (χ2n) is 7.50. The summed E-state index contributed by atoms with van der Waals surface area (Å²) in [4.78, 5) is 22.5. The van der Waals surface area contributed by atoms with Crippen LogP contribution in [0.15, 0.2) is 18.3 Å². The number of nitrogens with zero attached hydrogens (tertiary/aromatic N) is 2. The van der Waals surface area contributed by atoms with Crippen molar-refractivity contribution in [2.24, 2.45) is 7.05 Å². The van der Waals surface area contributed by atoms with E-state index in [1.54, 1.807) is 6.92 Å². The van der Waals surface area contributed by atoms with Crippen LogP contribution < -0.4 is 5.32 Å². The van der Waals surface area contributed by atoms with E-state index in [0.29, 0.717) is 26.3 Å². The first-order valence-electron chi connectivity index (χ1n) is 9.64. The number of hydrogen-bond acceptors (Lipinski definition) is 5. The third-order valence-electron chi connectivity index (χ3n) is 5.11. The minimum absolute atomic E-state index is 0.101. The lowest BCUT2D eigenvalue weighted by atomic mass is 10.00. The number of aromatic nitrogens is 1. The number of carboxylic acid groups (broad SMARTS) is 1.